The largest absolute Gasteiger partial charge is 0.488 e. The van der Waals surface area contributed by atoms with Gasteiger partial charge in [0.2, 0.25) is 0 Å². The summed E-state index contributed by atoms with van der Waals surface area (Å²) in [7, 11) is 0. The fourth-order valence-electron chi connectivity index (χ4n) is 1.64. The monoisotopic (exact) mass is 330 g/mol. The van der Waals surface area contributed by atoms with Crippen LogP contribution in [0, 0.1) is 0 Å². The quantitative estimate of drug-likeness (QED) is 0.738. The first-order chi connectivity index (χ1) is 10.6. The van der Waals surface area contributed by atoms with Crippen molar-refractivity contribution in [2.24, 2.45) is 0 Å². The molecule has 0 radical (unpaired) electrons. The summed E-state index contributed by atoms with van der Waals surface area (Å²) in [5.74, 6) is -6.93. The maximum atomic E-state index is 12.9. The molecule has 0 spiro atoms. The van der Waals surface area contributed by atoms with E-state index in [0.29, 0.717) is 5.75 Å². The molecule has 0 saturated carbocycles. The van der Waals surface area contributed by atoms with Gasteiger partial charge in [0.15, 0.2) is 6.61 Å². The van der Waals surface area contributed by atoms with Gasteiger partial charge >= 0.3 is 17.9 Å². The molecule has 128 valence electrons. The zero-order valence-electron chi connectivity index (χ0n) is 13.3. The standard InChI is InChI=1S/C16H20F2O5/c1-4-15(3,5-2)23-12-8-6-11(7-9-12)13(19)22-10-16(17,18)14(20)21/h6-9H,4-5,10H2,1-3H3,(H,20,21). The van der Waals surface area contributed by atoms with Crippen molar-refractivity contribution in [2.45, 2.75) is 45.1 Å². The Hall–Kier alpha value is -2.18. The molecule has 0 aliphatic rings. The summed E-state index contributed by atoms with van der Waals surface area (Å²) in [6, 6.07) is 5.83. The summed E-state index contributed by atoms with van der Waals surface area (Å²) >= 11 is 0. The Morgan fingerprint density at radius 2 is 1.65 bits per heavy atom. The van der Waals surface area contributed by atoms with Crippen LogP contribution in [0.2, 0.25) is 0 Å². The normalized spacial score (nSPS) is 11.9. The second-order valence-electron chi connectivity index (χ2n) is 5.37. The van der Waals surface area contributed by atoms with Gasteiger partial charge in [-0.05, 0) is 44.0 Å². The van der Waals surface area contributed by atoms with Crippen LogP contribution in [0.25, 0.3) is 0 Å². The number of carbonyl (C=O) groups is 2. The van der Waals surface area contributed by atoms with Gasteiger partial charge < -0.3 is 14.6 Å². The van der Waals surface area contributed by atoms with Crippen molar-refractivity contribution < 1.29 is 33.0 Å². The van der Waals surface area contributed by atoms with Crippen LogP contribution in [-0.2, 0) is 9.53 Å². The van der Waals surface area contributed by atoms with Crippen molar-refractivity contribution in [3.8, 4) is 5.75 Å². The van der Waals surface area contributed by atoms with Crippen LogP contribution >= 0.6 is 0 Å². The van der Waals surface area contributed by atoms with Crippen LogP contribution in [0.1, 0.15) is 44.0 Å². The molecule has 1 rings (SSSR count). The van der Waals surface area contributed by atoms with E-state index in [-0.39, 0.29) is 11.2 Å². The van der Waals surface area contributed by atoms with Gasteiger partial charge in [-0.25, -0.2) is 9.59 Å². The fourth-order valence-corrected chi connectivity index (χ4v) is 1.64. The Morgan fingerprint density at radius 3 is 2.09 bits per heavy atom. The lowest BCUT2D eigenvalue weighted by Gasteiger charge is -2.28. The number of carboxylic acids is 1. The van der Waals surface area contributed by atoms with Crippen molar-refractivity contribution in [3.05, 3.63) is 29.8 Å². The fraction of sp³-hybridized carbons (Fsp3) is 0.500. The van der Waals surface area contributed by atoms with E-state index in [1.54, 1.807) is 0 Å². The third-order valence-corrected chi connectivity index (χ3v) is 3.65. The minimum Gasteiger partial charge on any atom is -0.488 e. The van der Waals surface area contributed by atoms with Crippen molar-refractivity contribution in [1.82, 2.24) is 0 Å². The molecule has 7 heteroatoms. The van der Waals surface area contributed by atoms with Crippen molar-refractivity contribution in [1.29, 1.82) is 0 Å². The van der Waals surface area contributed by atoms with Gasteiger partial charge in [-0.15, -0.1) is 0 Å². The van der Waals surface area contributed by atoms with Gasteiger partial charge in [0, 0.05) is 0 Å². The van der Waals surface area contributed by atoms with Crippen molar-refractivity contribution in [2.75, 3.05) is 6.61 Å². The minimum absolute atomic E-state index is 0.0354. The molecule has 0 heterocycles. The number of aliphatic carboxylic acids is 1. The van der Waals surface area contributed by atoms with Gasteiger partial charge in [0.1, 0.15) is 11.4 Å². The number of esters is 1. The van der Waals surface area contributed by atoms with Crippen LogP contribution in [0.4, 0.5) is 8.78 Å². The predicted molar refractivity (Wildman–Crippen MR) is 78.9 cm³/mol. The lowest BCUT2D eigenvalue weighted by atomic mass is 10.00. The number of hydrogen-bond acceptors (Lipinski definition) is 4. The second-order valence-corrected chi connectivity index (χ2v) is 5.37. The third-order valence-electron chi connectivity index (χ3n) is 3.65. The summed E-state index contributed by atoms with van der Waals surface area (Å²) in [5.41, 5.74) is -0.292. The average Bonchev–Trinajstić information content (AvgIpc) is 2.53. The number of carboxylic acid groups (broad SMARTS) is 1. The van der Waals surface area contributed by atoms with Crippen LogP contribution < -0.4 is 4.74 Å². The van der Waals surface area contributed by atoms with E-state index >= 15 is 0 Å². The Kier molecular flexibility index (Phi) is 6.06. The number of ether oxygens (including phenoxy) is 2. The summed E-state index contributed by atoms with van der Waals surface area (Å²) in [4.78, 5) is 21.9. The molecule has 0 saturated heterocycles. The van der Waals surface area contributed by atoms with Crippen LogP contribution in [0.15, 0.2) is 24.3 Å². The molecule has 0 aromatic heterocycles. The van der Waals surface area contributed by atoms with Gasteiger partial charge in [-0.2, -0.15) is 8.78 Å². The molecule has 0 aliphatic heterocycles. The first kappa shape index (κ1) is 18.9. The molecular weight excluding hydrogens is 310 g/mol. The number of rotatable bonds is 8. The molecule has 0 amide bonds. The zero-order valence-corrected chi connectivity index (χ0v) is 13.3. The third kappa shape index (κ3) is 5.19. The molecular formula is C16H20F2O5. The van der Waals surface area contributed by atoms with Gasteiger partial charge in [-0.1, -0.05) is 13.8 Å². The highest BCUT2D eigenvalue weighted by atomic mass is 19.3. The summed E-state index contributed by atoms with van der Waals surface area (Å²) in [6.45, 7) is 4.45. The molecule has 0 atom stereocenters. The highest BCUT2D eigenvalue weighted by molar-refractivity contribution is 5.89. The van der Waals surface area contributed by atoms with E-state index in [1.807, 2.05) is 20.8 Å². The van der Waals surface area contributed by atoms with Crippen LogP contribution in [0.5, 0.6) is 5.75 Å². The molecule has 23 heavy (non-hydrogen) atoms. The second kappa shape index (κ2) is 7.39. The highest BCUT2D eigenvalue weighted by Gasteiger charge is 2.40. The molecule has 5 nitrogen and oxygen atoms in total. The number of carbonyl (C=O) groups excluding carboxylic acids is 1. The number of benzene rings is 1. The molecule has 0 bridgehead atoms. The average molecular weight is 330 g/mol. The van der Waals surface area contributed by atoms with Crippen LogP contribution in [-0.4, -0.2) is 35.2 Å². The summed E-state index contributed by atoms with van der Waals surface area (Å²) < 4.78 is 35.9. The maximum absolute atomic E-state index is 12.9. The minimum atomic E-state index is -4.11. The van der Waals surface area contributed by atoms with Crippen molar-refractivity contribution >= 4 is 11.9 Å². The van der Waals surface area contributed by atoms with E-state index < -0.39 is 24.5 Å². The summed E-state index contributed by atoms with van der Waals surface area (Å²) in [6.07, 6.45) is 1.61. The zero-order chi connectivity index (χ0) is 17.7. The van der Waals surface area contributed by atoms with E-state index in [2.05, 4.69) is 4.74 Å². The molecule has 0 aliphatic carbocycles. The molecule has 0 unspecified atom stereocenters. The topological polar surface area (TPSA) is 72.8 Å². The lowest BCUT2D eigenvalue weighted by Crippen LogP contribution is -2.34. The maximum Gasteiger partial charge on any atom is 0.378 e. The summed E-state index contributed by atoms with van der Waals surface area (Å²) in [5, 5.41) is 8.26. The smallest absolute Gasteiger partial charge is 0.378 e. The SMILES string of the molecule is CCC(C)(CC)Oc1ccc(C(=O)OCC(F)(F)C(=O)O)cc1. The van der Waals surface area contributed by atoms with Crippen molar-refractivity contribution in [3.63, 3.8) is 0 Å². The van der Waals surface area contributed by atoms with Gasteiger partial charge in [0.05, 0.1) is 5.56 Å². The Labute approximate surface area is 133 Å². The first-order valence-corrected chi connectivity index (χ1v) is 7.21. The first-order valence-electron chi connectivity index (χ1n) is 7.21. The molecule has 1 aromatic carbocycles. The highest BCUT2D eigenvalue weighted by Crippen LogP contribution is 2.24. The molecule has 1 aromatic rings. The van der Waals surface area contributed by atoms with E-state index in [9.17, 15) is 18.4 Å². The lowest BCUT2D eigenvalue weighted by molar-refractivity contribution is -0.170. The van der Waals surface area contributed by atoms with E-state index in [4.69, 9.17) is 9.84 Å². The number of halogens is 2. The van der Waals surface area contributed by atoms with Gasteiger partial charge in [0.25, 0.3) is 0 Å². The predicted octanol–water partition coefficient (Wildman–Crippen LogP) is 3.52. The van der Waals surface area contributed by atoms with E-state index in [1.165, 1.54) is 24.3 Å². The Bertz CT molecular complexity index is 550. The van der Waals surface area contributed by atoms with E-state index in [0.717, 1.165) is 12.8 Å². The Balaban J connectivity index is 2.69. The Morgan fingerprint density at radius 1 is 1.13 bits per heavy atom. The van der Waals surface area contributed by atoms with Gasteiger partial charge in [-0.3, -0.25) is 0 Å². The van der Waals surface area contributed by atoms with Crippen LogP contribution in [0.3, 0.4) is 0 Å². The molecule has 0 fully saturated rings. The molecule has 1 N–H and O–H groups in total. The number of hydrogen-bond donors (Lipinski definition) is 1. The number of alkyl halides is 2.